The summed E-state index contributed by atoms with van der Waals surface area (Å²) in [6, 6.07) is 0.0938. The average Bonchev–Trinajstić information content (AvgIpc) is 3.85. The smallest absolute Gasteiger partial charge is 0.315 e. The zero-order valence-electron chi connectivity index (χ0n) is 43.3. The van der Waals surface area contributed by atoms with E-state index in [0.717, 1.165) is 57.1 Å². The van der Waals surface area contributed by atoms with Gasteiger partial charge in [0, 0.05) is 36.8 Å². The van der Waals surface area contributed by atoms with E-state index in [2.05, 4.69) is 44.1 Å². The minimum Gasteiger partial charge on any atom is -0.756 e. The summed E-state index contributed by atoms with van der Waals surface area (Å²) in [5, 5.41) is 40.7. The summed E-state index contributed by atoms with van der Waals surface area (Å²) in [6.45, 7) is 0.788. The fourth-order valence-corrected chi connectivity index (χ4v) is 11.9. The molecular formula is C43H87N6O21P3S. The number of nitrogens with one attached hydrogen (secondary N) is 3. The molecule has 436 valence electrons. The highest BCUT2D eigenvalue weighted by Crippen LogP contribution is 2.47. The van der Waals surface area contributed by atoms with E-state index in [-0.39, 0.29) is 61.7 Å². The maximum absolute atomic E-state index is 13.0. The molecule has 3 fully saturated rings. The Balaban J connectivity index is 0.0000178. The number of fused-ring (bicyclic) bond motifs is 1. The van der Waals surface area contributed by atoms with Crippen LogP contribution in [0.15, 0.2) is 12.2 Å². The van der Waals surface area contributed by atoms with Crippen LogP contribution in [0.25, 0.3) is 0 Å². The van der Waals surface area contributed by atoms with E-state index in [1.165, 1.54) is 38.5 Å². The highest BCUT2D eigenvalue weighted by atomic mass is 32.2. The number of hydrogen-bond donors (Lipinski definition) is 11. The van der Waals surface area contributed by atoms with Crippen LogP contribution in [-0.2, 0) is 55.6 Å². The second kappa shape index (κ2) is 37.6. The van der Waals surface area contributed by atoms with E-state index in [9.17, 15) is 62.9 Å². The first-order valence-corrected chi connectivity index (χ1v) is 30.2. The quantitative estimate of drug-likeness (QED) is 0.0138. The van der Waals surface area contributed by atoms with E-state index >= 15 is 0 Å². The first kappa shape index (κ1) is 71.9. The maximum Gasteiger partial charge on any atom is 0.315 e. The van der Waals surface area contributed by atoms with Gasteiger partial charge in [0.25, 0.3) is 23.5 Å². The number of aliphatic hydroxyl groups excluding tert-OH is 3. The van der Waals surface area contributed by atoms with Gasteiger partial charge in [-0.3, -0.25) is 28.1 Å². The molecule has 0 aromatic carbocycles. The third kappa shape index (κ3) is 29.6. The number of ether oxygens (including phenoxy) is 2. The minimum absolute atomic E-state index is 0. The Morgan fingerprint density at radius 3 is 1.76 bits per heavy atom. The highest BCUT2D eigenvalue weighted by molar-refractivity contribution is 8.00. The van der Waals surface area contributed by atoms with E-state index in [1.54, 1.807) is 0 Å². The minimum atomic E-state index is -5.86. The van der Waals surface area contributed by atoms with Gasteiger partial charge in [0.15, 0.2) is 6.10 Å². The van der Waals surface area contributed by atoms with Crippen LogP contribution < -0.4 is 49.1 Å². The molecule has 74 heavy (non-hydrogen) atoms. The molecule has 20 N–H and O–H groups in total. The van der Waals surface area contributed by atoms with Gasteiger partial charge in [-0.1, -0.05) is 83.3 Å². The van der Waals surface area contributed by atoms with Crippen molar-refractivity contribution >= 4 is 59.1 Å². The molecule has 13 atom stereocenters. The number of carbonyl (C=O) groups is 4. The van der Waals surface area contributed by atoms with Gasteiger partial charge in [0.2, 0.25) is 5.91 Å². The van der Waals surface area contributed by atoms with Gasteiger partial charge in [-0.2, -0.15) is 11.8 Å². The van der Waals surface area contributed by atoms with Crippen LogP contribution in [0, 0.1) is 0 Å². The Kier molecular flexibility index (Phi) is 36.5. The standard InChI is InChI=1S/C43H78N3O21P3S.3H3N/c1-2-3-4-5-6-7-8-9-10-11-12-13-14-15-17-24-34(48)62-27-30(28-63-70(60,61)67-42-38(51)40(65-68(54,55)56)37(50)41(39(42)52)66-69(57,58)59)64-35(49)25-18-16-21-26-44-33(47)23-20-19-22-32-36-31(29-71-32)45-43(53)46-36;;;/h9-10,30-32,36-42,50-52H,2-8,11-29H2,1H3,(H,44,47)(H,60,61)(H2,45,46,53)(H2,54,55,56)(H2,57,58,59);3*1H3/b10-9-;;;/t30-,31+,32+,36+,37?,38-,39-,40-,41+,42?;;;/m1.../s1. The Labute approximate surface area is 438 Å². The monoisotopic (exact) mass is 1150 g/mol. The number of phosphoric acid groups is 3. The number of unbranched alkanes of at least 4 members (excludes halogenated alkanes) is 14. The summed E-state index contributed by atoms with van der Waals surface area (Å²) in [7, 11) is -17.6. The first-order valence-electron chi connectivity index (χ1n) is 24.7. The molecule has 0 radical (unpaired) electrons. The van der Waals surface area contributed by atoms with Gasteiger partial charge in [0.05, 0.1) is 18.7 Å². The summed E-state index contributed by atoms with van der Waals surface area (Å²) in [5.41, 5.74) is 0. The number of hydrogen-bond acceptors (Lipinski definition) is 20. The van der Waals surface area contributed by atoms with Crippen LogP contribution in [0.4, 0.5) is 4.79 Å². The van der Waals surface area contributed by atoms with Crippen LogP contribution in [0.5, 0.6) is 0 Å². The number of thioether (sulfide) groups is 1. The number of rotatable bonds is 38. The number of amides is 3. The lowest BCUT2D eigenvalue weighted by atomic mass is 9.85. The summed E-state index contributed by atoms with van der Waals surface area (Å²) in [6.07, 6.45) is 4.57. The highest BCUT2D eigenvalue weighted by Gasteiger charge is 2.54. The van der Waals surface area contributed by atoms with Gasteiger partial charge in [-0.15, -0.1) is 0 Å². The number of phosphoric ester groups is 3. The molecule has 2 saturated heterocycles. The van der Waals surface area contributed by atoms with Gasteiger partial charge in [0.1, 0.15) is 43.2 Å². The maximum atomic E-state index is 13.0. The molecule has 1 saturated carbocycles. The molecule has 0 aromatic heterocycles. The van der Waals surface area contributed by atoms with Crippen molar-refractivity contribution in [2.24, 2.45) is 0 Å². The number of quaternary nitrogens is 3. The number of allylic oxidation sites excluding steroid dienone is 2. The van der Waals surface area contributed by atoms with Crippen LogP contribution >= 0.6 is 35.2 Å². The van der Waals surface area contributed by atoms with Gasteiger partial charge < -0.3 is 102 Å². The van der Waals surface area contributed by atoms with Crippen molar-refractivity contribution in [1.29, 1.82) is 0 Å². The zero-order valence-corrected chi connectivity index (χ0v) is 46.8. The number of carbonyl (C=O) groups excluding carboxylic acids is 4. The van der Waals surface area contributed by atoms with E-state index in [4.69, 9.17) is 28.3 Å². The number of aliphatic hydroxyl groups is 3. The molecule has 3 aliphatic rings. The fourth-order valence-electron chi connectivity index (χ4n) is 8.32. The third-order valence-electron chi connectivity index (χ3n) is 12.0. The predicted molar refractivity (Wildman–Crippen MR) is 270 cm³/mol. The van der Waals surface area contributed by atoms with Gasteiger partial charge in [-0.05, 0) is 57.8 Å². The van der Waals surface area contributed by atoms with E-state index in [0.29, 0.717) is 43.9 Å². The van der Waals surface area contributed by atoms with Crippen molar-refractivity contribution in [2.75, 3.05) is 25.5 Å². The Morgan fingerprint density at radius 2 is 1.19 bits per heavy atom. The molecule has 3 rings (SSSR count). The van der Waals surface area contributed by atoms with Crippen LogP contribution in [0.1, 0.15) is 148 Å². The third-order valence-corrected chi connectivity index (χ3v) is 15.5. The molecule has 0 bridgehead atoms. The molecule has 31 heteroatoms. The second-order valence-electron chi connectivity index (χ2n) is 18.0. The summed E-state index contributed by atoms with van der Waals surface area (Å²) in [4.78, 5) is 104. The van der Waals surface area contributed by atoms with Crippen LogP contribution in [0.3, 0.4) is 0 Å². The summed E-state index contributed by atoms with van der Waals surface area (Å²) < 4.78 is 64.4. The van der Waals surface area contributed by atoms with Crippen molar-refractivity contribution < 1.29 is 100 Å². The van der Waals surface area contributed by atoms with Gasteiger partial charge >= 0.3 is 18.0 Å². The van der Waals surface area contributed by atoms with E-state index < -0.39 is 91.3 Å². The molecular weight excluding hydrogens is 1060 g/mol. The molecule has 5 unspecified atom stereocenters. The Morgan fingerprint density at radius 1 is 0.689 bits per heavy atom. The average molecular weight is 1150 g/mol. The van der Waals surface area contributed by atoms with Crippen molar-refractivity contribution in [3.63, 3.8) is 0 Å². The first-order chi connectivity index (χ1) is 33.6. The van der Waals surface area contributed by atoms with Crippen molar-refractivity contribution in [3.8, 4) is 0 Å². The largest absolute Gasteiger partial charge is 0.756 e. The van der Waals surface area contributed by atoms with Gasteiger partial charge in [-0.25, -0.2) is 4.79 Å². The molecule has 3 amide bonds. The van der Waals surface area contributed by atoms with Crippen molar-refractivity contribution in [2.45, 2.75) is 208 Å². The molecule has 0 aromatic rings. The summed E-state index contributed by atoms with van der Waals surface area (Å²) >= 11 is 1.81. The second-order valence-corrected chi connectivity index (χ2v) is 23.0. The lowest BCUT2D eigenvalue weighted by molar-refractivity contribution is -0.278. The fraction of sp³-hybridized carbons (Fsp3) is 0.860. The molecule has 2 heterocycles. The van der Waals surface area contributed by atoms with Crippen LogP contribution in [-0.4, -0.2) is 135 Å². The topological polar surface area (TPSA) is 491 Å². The number of esters is 2. The lowest BCUT2D eigenvalue weighted by Crippen LogP contribution is -2.65. The SMILES string of the molecule is CCCCCCCC/C=C\CCCCCCCC(=O)OC[C@H](COP(=O)([O-])OC1[C@H](O)[C@H](OP(=O)([O-])O)C(O)[C@H](OP(=O)([O-])O)[C@H]1O)OC(=O)CCCCCNC(=O)CCCC[C@@H]1SC[C@@H]2NC(=O)N[C@@H]21.[NH4+].[NH4+].[NH4+]. The molecule has 27 nitrogen and oxygen atoms in total. The molecule has 2 aliphatic heterocycles. The van der Waals surface area contributed by atoms with E-state index in [1.807, 2.05) is 11.8 Å². The molecule has 1 aliphatic carbocycles. The zero-order chi connectivity index (χ0) is 52.5. The van der Waals surface area contributed by atoms with Crippen molar-refractivity contribution in [1.82, 2.24) is 34.4 Å². The Bertz CT molecular complexity index is 1770. The summed E-state index contributed by atoms with van der Waals surface area (Å²) in [5.74, 6) is -0.786. The lowest BCUT2D eigenvalue weighted by Gasteiger charge is -2.47. The van der Waals surface area contributed by atoms with Crippen LogP contribution in [0.2, 0.25) is 0 Å². The predicted octanol–water partition coefficient (Wildman–Crippen LogP) is 3.67. The van der Waals surface area contributed by atoms with Crippen molar-refractivity contribution in [3.05, 3.63) is 12.2 Å². The Hall–Kier alpha value is -2.14. The number of urea groups is 1. The molecule has 0 spiro atoms. The normalized spacial score (nSPS) is 26.1.